The maximum absolute atomic E-state index is 16.1. The molecule has 0 saturated heterocycles. The first kappa shape index (κ1) is 32.7. The zero-order valence-corrected chi connectivity index (χ0v) is 27.4. The van der Waals surface area contributed by atoms with Crippen molar-refractivity contribution in [2.75, 3.05) is 15.0 Å². The third-order valence-electron chi connectivity index (χ3n) is 8.71. The van der Waals surface area contributed by atoms with Crippen molar-refractivity contribution in [2.45, 2.75) is 27.7 Å². The second-order valence-electron chi connectivity index (χ2n) is 11.5. The van der Waals surface area contributed by atoms with E-state index in [2.05, 4.69) is 0 Å². The molecule has 1 heterocycles. The molecule has 0 unspecified atom stereocenters. The number of nitrogens with zero attached hydrogens (tertiary/aromatic N) is 2. The third-order valence-corrected chi connectivity index (χ3v) is 8.71. The number of hydrogen-bond donors (Lipinski definition) is 0. The van der Waals surface area contributed by atoms with Crippen LogP contribution in [0.2, 0.25) is 0 Å². The third kappa shape index (κ3) is 5.09. The molecule has 0 spiro atoms. The number of alkyl halides is 2. The Morgan fingerprint density at radius 3 is 1.09 bits per heavy atom. The zero-order chi connectivity index (χ0) is 33.7. The molecule has 0 bridgehead atoms. The van der Waals surface area contributed by atoms with Crippen molar-refractivity contribution >= 4 is 79.9 Å². The van der Waals surface area contributed by atoms with Crippen molar-refractivity contribution < 1.29 is 22.0 Å². The molecule has 2 nitrogen and oxygen atoms in total. The molecule has 10 heteroatoms. The van der Waals surface area contributed by atoms with E-state index >= 15 is 17.6 Å². The van der Waals surface area contributed by atoms with Crippen LogP contribution in [0.3, 0.4) is 0 Å². The SMILES string of the molecule is Cc1cccc(C)c1N1B(c2c(F)c(F)c(F)c(F)c2F)N(c2c(C)cccc2C)c2c1c1ccccc1c1ccccc21.ClCCl. The van der Waals surface area contributed by atoms with Gasteiger partial charge in [-0.1, -0.05) is 84.9 Å². The fraction of sp³-hybridized carbons (Fsp3) is 0.135. The molecule has 1 aliphatic heterocycles. The highest BCUT2D eigenvalue weighted by Crippen LogP contribution is 2.55. The molecule has 7 rings (SSSR count). The molecule has 1 aliphatic rings. The van der Waals surface area contributed by atoms with Gasteiger partial charge in [0.1, 0.15) is 0 Å². The van der Waals surface area contributed by atoms with Crippen molar-refractivity contribution in [3.63, 3.8) is 0 Å². The summed E-state index contributed by atoms with van der Waals surface area (Å²) in [5, 5.41) is 3.56. The zero-order valence-electron chi connectivity index (χ0n) is 25.9. The Bertz CT molecular complexity index is 2000. The van der Waals surface area contributed by atoms with Gasteiger partial charge in [0, 0.05) is 27.6 Å². The van der Waals surface area contributed by atoms with E-state index in [1.165, 1.54) is 0 Å². The number of hydrogen-bond acceptors (Lipinski definition) is 2. The summed E-state index contributed by atoms with van der Waals surface area (Å²) in [5.41, 5.74) is 4.69. The fourth-order valence-corrected chi connectivity index (χ4v) is 6.90. The predicted molar refractivity (Wildman–Crippen MR) is 186 cm³/mol. The summed E-state index contributed by atoms with van der Waals surface area (Å²) in [4.78, 5) is 3.53. The Morgan fingerprint density at radius 1 is 0.447 bits per heavy atom. The van der Waals surface area contributed by atoms with Crippen LogP contribution in [-0.4, -0.2) is 12.3 Å². The van der Waals surface area contributed by atoms with Crippen molar-refractivity contribution in [2.24, 2.45) is 0 Å². The highest BCUT2D eigenvalue weighted by Gasteiger charge is 2.51. The molecule has 0 saturated carbocycles. The lowest BCUT2D eigenvalue weighted by Gasteiger charge is -2.34. The normalized spacial score (nSPS) is 12.5. The van der Waals surface area contributed by atoms with Gasteiger partial charge < -0.3 is 9.62 Å². The van der Waals surface area contributed by atoms with Gasteiger partial charge in [-0.05, 0) is 60.7 Å². The van der Waals surface area contributed by atoms with E-state index in [-0.39, 0.29) is 5.34 Å². The molecule has 238 valence electrons. The topological polar surface area (TPSA) is 6.48 Å². The molecule has 0 radical (unpaired) electrons. The van der Waals surface area contributed by atoms with Gasteiger partial charge in [-0.2, -0.15) is 0 Å². The average Bonchev–Trinajstić information content (AvgIpc) is 3.38. The number of rotatable bonds is 3. The van der Waals surface area contributed by atoms with Gasteiger partial charge in [0.2, 0.25) is 0 Å². The van der Waals surface area contributed by atoms with E-state index in [9.17, 15) is 4.39 Å². The van der Waals surface area contributed by atoms with Gasteiger partial charge in [0.15, 0.2) is 29.1 Å². The summed E-state index contributed by atoms with van der Waals surface area (Å²) in [6.07, 6.45) is 0. The molecule has 0 atom stereocenters. The van der Waals surface area contributed by atoms with Gasteiger partial charge in [-0.3, -0.25) is 0 Å². The van der Waals surface area contributed by atoms with E-state index in [0.717, 1.165) is 43.8 Å². The van der Waals surface area contributed by atoms with E-state index in [0.29, 0.717) is 22.7 Å². The Kier molecular flexibility index (Phi) is 8.85. The summed E-state index contributed by atoms with van der Waals surface area (Å²) in [6, 6.07) is 26.7. The van der Waals surface area contributed by atoms with Crippen LogP contribution in [0.25, 0.3) is 21.5 Å². The van der Waals surface area contributed by atoms with Crippen LogP contribution < -0.4 is 15.1 Å². The van der Waals surface area contributed by atoms with Crippen LogP contribution in [0, 0.1) is 56.8 Å². The van der Waals surface area contributed by atoms with Crippen LogP contribution in [-0.2, 0) is 0 Å². The standard InChI is InChI=1S/C36H26BF5N2.CH2Cl2/c1-19-11-9-12-20(2)33(19)43-35-25-17-7-5-15-23(25)24-16-6-8-18-26(24)36(35)44(34-21(3)13-10-14-22(34)4)37(43)27-28(38)30(40)32(42)31(41)29(27)39;2-1-3/h5-18H,1-4H3;1H2. The molecule has 0 fully saturated rings. The maximum atomic E-state index is 16.1. The van der Waals surface area contributed by atoms with Crippen LogP contribution in [0.15, 0.2) is 84.9 Å². The second-order valence-corrected chi connectivity index (χ2v) is 12.3. The molecular weight excluding hydrogens is 649 g/mol. The van der Waals surface area contributed by atoms with Gasteiger partial charge in [0.05, 0.1) is 16.7 Å². The summed E-state index contributed by atoms with van der Waals surface area (Å²) < 4.78 is 76.9. The largest absolute Gasteiger partial charge is 0.427 e. The van der Waals surface area contributed by atoms with E-state index < -0.39 is 41.5 Å². The molecular formula is C37H28BCl2F5N2. The monoisotopic (exact) mass is 676 g/mol. The van der Waals surface area contributed by atoms with E-state index in [1.54, 1.807) is 9.62 Å². The predicted octanol–water partition coefficient (Wildman–Crippen LogP) is 11.0. The number of anilines is 4. The smallest absolute Gasteiger partial charge is 0.359 e. The van der Waals surface area contributed by atoms with Crippen molar-refractivity contribution in [3.05, 3.63) is 136 Å². The van der Waals surface area contributed by atoms with Crippen LogP contribution in [0.1, 0.15) is 22.3 Å². The quantitative estimate of drug-likeness (QED) is 0.0460. The number of para-hydroxylation sites is 2. The van der Waals surface area contributed by atoms with Crippen molar-refractivity contribution in [1.29, 1.82) is 0 Å². The summed E-state index contributed by atoms with van der Waals surface area (Å²) in [5.74, 6) is -9.87. The number of halogens is 7. The fourth-order valence-electron chi connectivity index (χ4n) is 6.90. The molecule has 0 N–H and O–H groups in total. The Balaban J connectivity index is 0.00000124. The highest BCUT2D eigenvalue weighted by molar-refractivity contribution is 6.85. The lowest BCUT2D eigenvalue weighted by molar-refractivity contribution is 0.384. The number of aryl methyl sites for hydroxylation is 4. The van der Waals surface area contributed by atoms with Gasteiger partial charge in [-0.25, -0.2) is 22.0 Å². The number of benzene rings is 6. The highest BCUT2D eigenvalue weighted by atomic mass is 35.5. The Labute approximate surface area is 280 Å². The first-order chi connectivity index (χ1) is 22.5. The van der Waals surface area contributed by atoms with Crippen LogP contribution >= 0.6 is 23.2 Å². The molecule has 0 amide bonds. The summed E-state index contributed by atoms with van der Waals surface area (Å²) in [6.45, 7) is 6.04. The minimum atomic E-state index is -2.19. The van der Waals surface area contributed by atoms with Crippen LogP contribution in [0.5, 0.6) is 0 Å². The maximum Gasteiger partial charge on any atom is 0.427 e. The lowest BCUT2D eigenvalue weighted by Crippen LogP contribution is -2.56. The Hall–Kier alpha value is -4.27. The molecule has 47 heavy (non-hydrogen) atoms. The van der Waals surface area contributed by atoms with E-state index in [4.69, 9.17) is 23.2 Å². The van der Waals surface area contributed by atoms with E-state index in [1.807, 2.05) is 113 Å². The van der Waals surface area contributed by atoms with Gasteiger partial charge >= 0.3 is 6.98 Å². The summed E-state index contributed by atoms with van der Waals surface area (Å²) >= 11 is 9.53. The molecule has 0 aromatic heterocycles. The first-order valence-electron chi connectivity index (χ1n) is 14.8. The Morgan fingerprint density at radius 2 is 0.745 bits per heavy atom. The molecule has 0 aliphatic carbocycles. The average molecular weight is 677 g/mol. The second kappa shape index (κ2) is 12.7. The van der Waals surface area contributed by atoms with Crippen LogP contribution in [0.4, 0.5) is 44.7 Å². The summed E-state index contributed by atoms with van der Waals surface area (Å²) in [7, 11) is 0. The molecule has 6 aromatic rings. The number of fused-ring (bicyclic) bond motifs is 6. The molecule has 6 aromatic carbocycles. The minimum Gasteiger partial charge on any atom is -0.359 e. The lowest BCUT2D eigenvalue weighted by atomic mass is 9.63. The van der Waals surface area contributed by atoms with Gasteiger partial charge in [0.25, 0.3) is 0 Å². The van der Waals surface area contributed by atoms with Gasteiger partial charge in [-0.15, -0.1) is 23.2 Å². The van der Waals surface area contributed by atoms with Crippen molar-refractivity contribution in [3.8, 4) is 0 Å². The first-order valence-corrected chi connectivity index (χ1v) is 15.9. The minimum absolute atomic E-state index is 0.194. The van der Waals surface area contributed by atoms with Crippen molar-refractivity contribution in [1.82, 2.24) is 0 Å².